The SMILES string of the molecule is COP(=O)(OC)C(C(C)C)N1CCOCC1. The number of morpholine rings is 1. The van der Waals surface area contributed by atoms with Crippen molar-refractivity contribution in [2.24, 2.45) is 5.92 Å². The smallest absolute Gasteiger partial charge is 0.347 e. The van der Waals surface area contributed by atoms with Crippen molar-refractivity contribution in [3.63, 3.8) is 0 Å². The van der Waals surface area contributed by atoms with Crippen molar-refractivity contribution < 1.29 is 18.3 Å². The molecule has 1 unspecified atom stereocenters. The quantitative estimate of drug-likeness (QED) is 0.697. The van der Waals surface area contributed by atoms with Gasteiger partial charge in [-0.3, -0.25) is 9.46 Å². The Morgan fingerprint density at radius 2 is 1.69 bits per heavy atom. The summed E-state index contributed by atoms with van der Waals surface area (Å²) in [5.74, 6) is 0.0234. The summed E-state index contributed by atoms with van der Waals surface area (Å²) < 4.78 is 28.0. The third kappa shape index (κ3) is 3.05. The van der Waals surface area contributed by atoms with Crippen LogP contribution in [0.4, 0.5) is 0 Å². The Morgan fingerprint density at radius 3 is 2.06 bits per heavy atom. The number of hydrogen-bond donors (Lipinski definition) is 0. The van der Waals surface area contributed by atoms with E-state index in [9.17, 15) is 4.57 Å². The van der Waals surface area contributed by atoms with Gasteiger partial charge in [0.15, 0.2) is 0 Å². The third-order valence-electron chi connectivity index (χ3n) is 2.85. The summed E-state index contributed by atoms with van der Waals surface area (Å²) in [5, 5.41) is 0. The minimum absolute atomic E-state index is 0.189. The minimum Gasteiger partial charge on any atom is -0.379 e. The lowest BCUT2D eigenvalue weighted by Gasteiger charge is -2.38. The predicted octanol–water partition coefficient (Wildman–Crippen LogP) is 1.79. The van der Waals surface area contributed by atoms with Crippen LogP contribution in [0.25, 0.3) is 0 Å². The van der Waals surface area contributed by atoms with Gasteiger partial charge in [-0.05, 0) is 5.92 Å². The molecule has 0 aromatic heterocycles. The van der Waals surface area contributed by atoms with Gasteiger partial charge in [-0.2, -0.15) is 0 Å². The molecule has 5 nitrogen and oxygen atoms in total. The predicted molar refractivity (Wildman–Crippen MR) is 62.6 cm³/mol. The van der Waals surface area contributed by atoms with E-state index in [0.717, 1.165) is 13.1 Å². The van der Waals surface area contributed by atoms with Gasteiger partial charge in [0.05, 0.1) is 13.2 Å². The molecule has 1 rings (SSSR count). The molecule has 16 heavy (non-hydrogen) atoms. The Hall–Kier alpha value is 0.0700. The van der Waals surface area contributed by atoms with Crippen LogP contribution >= 0.6 is 7.60 Å². The topological polar surface area (TPSA) is 48.0 Å². The first-order valence-corrected chi connectivity index (χ1v) is 7.19. The molecule has 0 aromatic carbocycles. The summed E-state index contributed by atoms with van der Waals surface area (Å²) >= 11 is 0. The molecule has 0 amide bonds. The van der Waals surface area contributed by atoms with Gasteiger partial charge < -0.3 is 13.8 Å². The van der Waals surface area contributed by atoms with Crippen LogP contribution in [-0.2, 0) is 18.3 Å². The first kappa shape index (κ1) is 14.1. The van der Waals surface area contributed by atoms with Gasteiger partial charge in [0.1, 0.15) is 5.78 Å². The molecule has 0 bridgehead atoms. The molecule has 6 heteroatoms. The van der Waals surface area contributed by atoms with Crippen molar-refractivity contribution in [3.05, 3.63) is 0 Å². The standard InChI is InChI=1S/C10H22NO4P/c1-9(2)10(16(12,13-3)14-4)11-5-7-15-8-6-11/h9-10H,5-8H2,1-4H3. The maximum absolute atomic E-state index is 12.5. The van der Waals surface area contributed by atoms with E-state index >= 15 is 0 Å². The largest absolute Gasteiger partial charge is 0.379 e. The fourth-order valence-electron chi connectivity index (χ4n) is 2.12. The lowest BCUT2D eigenvalue weighted by atomic mass is 10.2. The molecule has 96 valence electrons. The second-order valence-corrected chi connectivity index (χ2v) is 6.55. The molecule has 1 heterocycles. The van der Waals surface area contributed by atoms with Crippen molar-refractivity contribution in [1.29, 1.82) is 0 Å². The van der Waals surface area contributed by atoms with Crippen LogP contribution in [0.15, 0.2) is 0 Å². The molecule has 0 N–H and O–H groups in total. The molecule has 1 aliphatic rings. The van der Waals surface area contributed by atoms with E-state index in [0.29, 0.717) is 13.2 Å². The van der Waals surface area contributed by atoms with Crippen molar-refractivity contribution >= 4 is 7.60 Å². The van der Waals surface area contributed by atoms with Crippen LogP contribution in [0.1, 0.15) is 13.8 Å². The fraction of sp³-hybridized carbons (Fsp3) is 1.00. The normalized spacial score (nSPS) is 21.3. The average molecular weight is 251 g/mol. The van der Waals surface area contributed by atoms with Crippen molar-refractivity contribution in [2.75, 3.05) is 40.5 Å². The average Bonchev–Trinajstić information content (AvgIpc) is 2.30. The number of ether oxygens (including phenoxy) is 1. The van der Waals surface area contributed by atoms with Gasteiger partial charge in [-0.1, -0.05) is 13.8 Å². The molecule has 1 fully saturated rings. The zero-order valence-electron chi connectivity index (χ0n) is 10.5. The van der Waals surface area contributed by atoms with Crippen LogP contribution in [0.2, 0.25) is 0 Å². The van der Waals surface area contributed by atoms with Gasteiger partial charge >= 0.3 is 7.60 Å². The second-order valence-electron chi connectivity index (χ2n) is 4.21. The highest BCUT2D eigenvalue weighted by atomic mass is 31.2. The molecule has 0 aromatic rings. The van der Waals surface area contributed by atoms with E-state index in [1.165, 1.54) is 14.2 Å². The molecule has 0 spiro atoms. The Morgan fingerprint density at radius 1 is 1.19 bits per heavy atom. The summed E-state index contributed by atoms with van der Waals surface area (Å²) in [6.07, 6.45) is 0. The Kier molecular flexibility index (Phi) is 5.41. The minimum atomic E-state index is -3.05. The van der Waals surface area contributed by atoms with Crippen LogP contribution < -0.4 is 0 Å². The zero-order valence-corrected chi connectivity index (χ0v) is 11.4. The van der Waals surface area contributed by atoms with Gasteiger partial charge in [0.2, 0.25) is 0 Å². The number of hydrogen-bond acceptors (Lipinski definition) is 5. The Labute approximate surface area is 97.6 Å². The summed E-state index contributed by atoms with van der Waals surface area (Å²) in [7, 11) is -0.156. The second kappa shape index (κ2) is 6.12. The Bertz CT molecular complexity index is 245. The summed E-state index contributed by atoms with van der Waals surface area (Å²) in [4.78, 5) is 2.14. The lowest BCUT2D eigenvalue weighted by molar-refractivity contribution is 0.0174. The zero-order chi connectivity index (χ0) is 12.2. The summed E-state index contributed by atoms with van der Waals surface area (Å²) in [5.41, 5.74) is 0. The number of nitrogens with zero attached hydrogens (tertiary/aromatic N) is 1. The summed E-state index contributed by atoms with van der Waals surface area (Å²) in [6.45, 7) is 6.97. The van der Waals surface area contributed by atoms with Gasteiger partial charge in [0, 0.05) is 27.3 Å². The third-order valence-corrected chi connectivity index (χ3v) is 5.44. The van der Waals surface area contributed by atoms with Crippen LogP contribution in [0.5, 0.6) is 0 Å². The molecule has 0 saturated carbocycles. The molecule has 1 atom stereocenters. The van der Waals surface area contributed by atoms with E-state index in [1.807, 2.05) is 13.8 Å². The highest BCUT2D eigenvalue weighted by molar-refractivity contribution is 7.54. The van der Waals surface area contributed by atoms with Gasteiger partial charge in [-0.25, -0.2) is 0 Å². The monoisotopic (exact) mass is 251 g/mol. The molecule has 1 aliphatic heterocycles. The molecule has 0 radical (unpaired) electrons. The maximum atomic E-state index is 12.5. The van der Waals surface area contributed by atoms with Crippen molar-refractivity contribution in [2.45, 2.75) is 19.6 Å². The molecular formula is C10H22NO4P. The molecular weight excluding hydrogens is 229 g/mol. The van der Waals surface area contributed by atoms with Crippen LogP contribution in [0, 0.1) is 5.92 Å². The van der Waals surface area contributed by atoms with Gasteiger partial charge in [0.25, 0.3) is 0 Å². The first-order chi connectivity index (χ1) is 7.55. The Balaban J connectivity index is 2.84. The first-order valence-electron chi connectivity index (χ1n) is 5.58. The number of rotatable bonds is 5. The summed E-state index contributed by atoms with van der Waals surface area (Å²) in [6, 6.07) is 0. The highest BCUT2D eigenvalue weighted by Gasteiger charge is 2.41. The van der Waals surface area contributed by atoms with Crippen molar-refractivity contribution in [1.82, 2.24) is 4.90 Å². The van der Waals surface area contributed by atoms with Crippen LogP contribution in [0.3, 0.4) is 0 Å². The maximum Gasteiger partial charge on any atom is 0.347 e. The van der Waals surface area contributed by atoms with E-state index in [1.54, 1.807) is 0 Å². The van der Waals surface area contributed by atoms with E-state index in [2.05, 4.69) is 4.90 Å². The lowest BCUT2D eigenvalue weighted by Crippen LogP contribution is -2.46. The van der Waals surface area contributed by atoms with E-state index in [4.69, 9.17) is 13.8 Å². The van der Waals surface area contributed by atoms with Crippen LogP contribution in [-0.4, -0.2) is 51.2 Å². The highest BCUT2D eigenvalue weighted by Crippen LogP contribution is 2.55. The fourth-order valence-corrected chi connectivity index (χ4v) is 4.06. The molecule has 1 saturated heterocycles. The molecule has 0 aliphatic carbocycles. The van der Waals surface area contributed by atoms with E-state index in [-0.39, 0.29) is 11.7 Å². The van der Waals surface area contributed by atoms with E-state index < -0.39 is 7.60 Å². The van der Waals surface area contributed by atoms with Crippen molar-refractivity contribution in [3.8, 4) is 0 Å². The van der Waals surface area contributed by atoms with Gasteiger partial charge in [-0.15, -0.1) is 0 Å².